The van der Waals surface area contributed by atoms with Crippen LogP contribution in [0.3, 0.4) is 0 Å². The smallest absolute Gasteiger partial charge is 0.159 e. The molecule has 0 aromatic rings. The summed E-state index contributed by atoms with van der Waals surface area (Å²) in [5, 5.41) is 0. The predicted molar refractivity (Wildman–Crippen MR) is 51.3 cm³/mol. The van der Waals surface area contributed by atoms with Crippen molar-refractivity contribution in [2.45, 2.75) is 39.0 Å². The molecule has 3 rings (SSSR count). The molecule has 0 bridgehead atoms. The predicted octanol–water partition coefficient (Wildman–Crippen LogP) is 2.71. The fourth-order valence-electron chi connectivity index (χ4n) is 3.73. The SMILES string of the molecule is C[C@@H]1CC[C@@H]2CC3=C(C(=O)CC3)[C@@H]21. The van der Waals surface area contributed by atoms with Gasteiger partial charge < -0.3 is 0 Å². The summed E-state index contributed by atoms with van der Waals surface area (Å²) in [6, 6.07) is 0. The standard InChI is InChI=1S/C12H16O/c1-7-2-3-8-6-9-4-5-10(13)12(9)11(7)8/h7-8,11H,2-6H2,1H3/t7-,8-,11-/m1/s1. The minimum Gasteiger partial charge on any atom is -0.295 e. The molecule has 0 aromatic heterocycles. The average molecular weight is 176 g/mol. The van der Waals surface area contributed by atoms with E-state index < -0.39 is 0 Å². The van der Waals surface area contributed by atoms with E-state index in [1.54, 1.807) is 0 Å². The minimum absolute atomic E-state index is 0.483. The quantitative estimate of drug-likeness (QED) is 0.554. The van der Waals surface area contributed by atoms with Crippen LogP contribution >= 0.6 is 0 Å². The van der Waals surface area contributed by atoms with Crippen LogP contribution in [0, 0.1) is 17.8 Å². The molecule has 3 atom stereocenters. The van der Waals surface area contributed by atoms with Crippen LogP contribution in [0.2, 0.25) is 0 Å². The topological polar surface area (TPSA) is 17.1 Å². The van der Waals surface area contributed by atoms with Crippen molar-refractivity contribution in [3.05, 3.63) is 11.1 Å². The van der Waals surface area contributed by atoms with Gasteiger partial charge in [-0.2, -0.15) is 0 Å². The Morgan fingerprint density at radius 3 is 2.92 bits per heavy atom. The molecule has 1 nitrogen and oxygen atoms in total. The van der Waals surface area contributed by atoms with Crippen molar-refractivity contribution in [1.29, 1.82) is 0 Å². The van der Waals surface area contributed by atoms with Crippen LogP contribution in [0.4, 0.5) is 0 Å². The molecular weight excluding hydrogens is 160 g/mol. The maximum Gasteiger partial charge on any atom is 0.159 e. The maximum absolute atomic E-state index is 11.7. The summed E-state index contributed by atoms with van der Waals surface area (Å²) in [4.78, 5) is 11.7. The van der Waals surface area contributed by atoms with E-state index in [4.69, 9.17) is 0 Å². The second-order valence-electron chi connectivity index (χ2n) is 4.99. The lowest BCUT2D eigenvalue weighted by Crippen LogP contribution is -2.15. The molecule has 1 heteroatoms. The highest BCUT2D eigenvalue weighted by Gasteiger charge is 2.46. The fraction of sp³-hybridized carbons (Fsp3) is 0.750. The first-order valence-electron chi connectivity index (χ1n) is 5.52. The third-order valence-electron chi connectivity index (χ3n) is 4.29. The van der Waals surface area contributed by atoms with Crippen molar-refractivity contribution in [1.82, 2.24) is 0 Å². The van der Waals surface area contributed by atoms with Crippen molar-refractivity contribution in [3.8, 4) is 0 Å². The van der Waals surface area contributed by atoms with E-state index in [-0.39, 0.29) is 0 Å². The molecule has 70 valence electrons. The number of fused-ring (bicyclic) bond motifs is 2. The van der Waals surface area contributed by atoms with E-state index >= 15 is 0 Å². The first-order chi connectivity index (χ1) is 6.27. The van der Waals surface area contributed by atoms with Gasteiger partial charge in [-0.1, -0.05) is 12.5 Å². The minimum atomic E-state index is 0.483. The first kappa shape index (κ1) is 7.78. The molecule has 0 spiro atoms. The molecule has 1 saturated carbocycles. The van der Waals surface area contributed by atoms with E-state index in [9.17, 15) is 4.79 Å². The summed E-state index contributed by atoms with van der Waals surface area (Å²) in [6.45, 7) is 2.33. The normalized spacial score (nSPS) is 42.8. The molecule has 3 aliphatic carbocycles. The Labute approximate surface area is 79.2 Å². The highest BCUT2D eigenvalue weighted by atomic mass is 16.1. The third kappa shape index (κ3) is 0.905. The van der Waals surface area contributed by atoms with Gasteiger partial charge in [0.1, 0.15) is 0 Å². The third-order valence-corrected chi connectivity index (χ3v) is 4.29. The second kappa shape index (κ2) is 2.46. The number of hydrogen-bond donors (Lipinski definition) is 0. The monoisotopic (exact) mass is 176 g/mol. The van der Waals surface area contributed by atoms with Crippen LogP contribution in [0.5, 0.6) is 0 Å². The zero-order valence-corrected chi connectivity index (χ0v) is 8.18. The number of rotatable bonds is 0. The van der Waals surface area contributed by atoms with Gasteiger partial charge in [-0.05, 0) is 49.0 Å². The van der Waals surface area contributed by atoms with Crippen molar-refractivity contribution in [2.24, 2.45) is 17.8 Å². The Balaban J connectivity index is 2.00. The van der Waals surface area contributed by atoms with Crippen LogP contribution in [-0.4, -0.2) is 5.78 Å². The molecule has 0 aromatic carbocycles. The van der Waals surface area contributed by atoms with E-state index in [0.29, 0.717) is 11.7 Å². The lowest BCUT2D eigenvalue weighted by molar-refractivity contribution is -0.115. The molecule has 13 heavy (non-hydrogen) atoms. The molecule has 0 radical (unpaired) electrons. The Morgan fingerprint density at radius 1 is 1.23 bits per heavy atom. The molecule has 0 heterocycles. The van der Waals surface area contributed by atoms with Gasteiger partial charge in [0.05, 0.1) is 0 Å². The van der Waals surface area contributed by atoms with E-state index in [2.05, 4.69) is 6.92 Å². The lowest BCUT2D eigenvalue weighted by Gasteiger charge is -2.17. The zero-order valence-electron chi connectivity index (χ0n) is 8.18. The Kier molecular flexibility index (Phi) is 1.47. The Bertz CT molecular complexity index is 300. The molecular formula is C12H16O. The average Bonchev–Trinajstić information content (AvgIpc) is 2.69. The van der Waals surface area contributed by atoms with Crippen molar-refractivity contribution in [3.63, 3.8) is 0 Å². The summed E-state index contributed by atoms with van der Waals surface area (Å²) in [5.74, 6) is 2.78. The van der Waals surface area contributed by atoms with E-state index in [1.165, 1.54) is 30.4 Å². The van der Waals surface area contributed by atoms with Crippen LogP contribution in [0.15, 0.2) is 11.1 Å². The highest BCUT2D eigenvalue weighted by Crippen LogP contribution is 2.53. The van der Waals surface area contributed by atoms with E-state index in [1.807, 2.05) is 0 Å². The zero-order chi connectivity index (χ0) is 9.00. The second-order valence-corrected chi connectivity index (χ2v) is 4.99. The van der Waals surface area contributed by atoms with Crippen LogP contribution in [0.25, 0.3) is 0 Å². The van der Waals surface area contributed by atoms with Crippen molar-refractivity contribution in [2.75, 3.05) is 0 Å². The highest BCUT2D eigenvalue weighted by molar-refractivity contribution is 6.00. The molecule has 1 fully saturated rings. The van der Waals surface area contributed by atoms with Crippen molar-refractivity contribution >= 4 is 5.78 Å². The Morgan fingerprint density at radius 2 is 2.08 bits per heavy atom. The number of ketones is 1. The Hall–Kier alpha value is -0.590. The summed E-state index contributed by atoms with van der Waals surface area (Å²) in [5.41, 5.74) is 2.82. The van der Waals surface area contributed by atoms with Gasteiger partial charge in [0.25, 0.3) is 0 Å². The van der Waals surface area contributed by atoms with Gasteiger partial charge in [0.2, 0.25) is 0 Å². The number of carbonyl (C=O) groups excluding carboxylic acids is 1. The molecule has 3 aliphatic rings. The summed E-state index contributed by atoms with van der Waals surface area (Å²) in [6.07, 6.45) is 5.88. The fourth-order valence-corrected chi connectivity index (χ4v) is 3.73. The summed E-state index contributed by atoms with van der Waals surface area (Å²) < 4.78 is 0. The van der Waals surface area contributed by atoms with Gasteiger partial charge >= 0.3 is 0 Å². The number of hydrogen-bond acceptors (Lipinski definition) is 1. The number of carbonyl (C=O) groups is 1. The van der Waals surface area contributed by atoms with Gasteiger partial charge in [0.15, 0.2) is 5.78 Å². The molecule has 0 N–H and O–H groups in total. The first-order valence-corrected chi connectivity index (χ1v) is 5.52. The van der Waals surface area contributed by atoms with Gasteiger partial charge in [-0.3, -0.25) is 4.79 Å². The molecule has 0 amide bonds. The largest absolute Gasteiger partial charge is 0.295 e. The van der Waals surface area contributed by atoms with E-state index in [0.717, 1.165) is 24.7 Å². The van der Waals surface area contributed by atoms with Gasteiger partial charge in [-0.15, -0.1) is 0 Å². The van der Waals surface area contributed by atoms with Gasteiger partial charge in [-0.25, -0.2) is 0 Å². The van der Waals surface area contributed by atoms with Crippen LogP contribution in [-0.2, 0) is 4.79 Å². The maximum atomic E-state index is 11.7. The number of Topliss-reactive ketones (excluding diaryl/α,β-unsaturated/α-hetero) is 1. The summed E-state index contributed by atoms with van der Waals surface area (Å²) >= 11 is 0. The summed E-state index contributed by atoms with van der Waals surface area (Å²) in [7, 11) is 0. The van der Waals surface area contributed by atoms with Crippen LogP contribution < -0.4 is 0 Å². The van der Waals surface area contributed by atoms with Crippen LogP contribution in [0.1, 0.15) is 39.0 Å². The molecule has 0 unspecified atom stereocenters. The van der Waals surface area contributed by atoms with Crippen molar-refractivity contribution < 1.29 is 4.79 Å². The lowest BCUT2D eigenvalue weighted by atomic mass is 9.86. The molecule has 0 aliphatic heterocycles. The molecule has 0 saturated heterocycles. The van der Waals surface area contributed by atoms with Gasteiger partial charge in [0, 0.05) is 6.42 Å². The number of allylic oxidation sites excluding steroid dienone is 2.